The van der Waals surface area contributed by atoms with Crippen LogP contribution in [-0.4, -0.2) is 22.5 Å². The van der Waals surface area contributed by atoms with E-state index < -0.39 is 11.8 Å². The second-order valence-corrected chi connectivity index (χ2v) is 5.12. The summed E-state index contributed by atoms with van der Waals surface area (Å²) in [5.41, 5.74) is 1.13. The van der Waals surface area contributed by atoms with Crippen molar-refractivity contribution in [1.29, 1.82) is 0 Å². The average molecular weight is 315 g/mol. The largest absolute Gasteiger partial charge is 0.465 e. The fourth-order valence-corrected chi connectivity index (χ4v) is 2.18. The number of nitrogens with zero attached hydrogens (tertiary/aromatic N) is 2. The van der Waals surface area contributed by atoms with Gasteiger partial charge in [-0.2, -0.15) is 10.1 Å². The molecule has 5 nitrogen and oxygen atoms in total. The summed E-state index contributed by atoms with van der Waals surface area (Å²) in [5, 5.41) is 5.41. The summed E-state index contributed by atoms with van der Waals surface area (Å²) in [4.78, 5) is 24.7. The van der Waals surface area contributed by atoms with E-state index in [0.29, 0.717) is 27.6 Å². The maximum Gasteiger partial charge on any atom is 0.283 e. The smallest absolute Gasteiger partial charge is 0.283 e. The SMILES string of the molecule is CC1=NN(C(=O)c2ccc(Cl)cc2)C(=O)/C1=C\c1ccco1. The minimum absolute atomic E-state index is 0.331. The highest BCUT2D eigenvalue weighted by atomic mass is 35.5. The molecule has 1 aliphatic rings. The number of halogens is 1. The Labute approximate surface area is 131 Å². The summed E-state index contributed by atoms with van der Waals surface area (Å²) < 4.78 is 5.18. The van der Waals surface area contributed by atoms with Crippen LogP contribution in [0.3, 0.4) is 0 Å². The molecule has 0 N–H and O–H groups in total. The fourth-order valence-electron chi connectivity index (χ4n) is 2.05. The van der Waals surface area contributed by atoms with E-state index in [1.165, 1.54) is 6.26 Å². The number of carbonyl (C=O) groups excluding carboxylic acids is 2. The van der Waals surface area contributed by atoms with Crippen molar-refractivity contribution in [2.24, 2.45) is 5.10 Å². The first kappa shape index (κ1) is 14.3. The Hall–Kier alpha value is -2.66. The minimum atomic E-state index is -0.496. The van der Waals surface area contributed by atoms with Crippen molar-refractivity contribution < 1.29 is 14.0 Å². The van der Waals surface area contributed by atoms with Gasteiger partial charge in [0.25, 0.3) is 11.8 Å². The number of benzene rings is 1. The molecule has 2 aromatic rings. The van der Waals surface area contributed by atoms with Crippen LogP contribution in [0, 0.1) is 0 Å². The van der Waals surface area contributed by atoms with Crippen LogP contribution in [0.15, 0.2) is 57.8 Å². The average Bonchev–Trinajstić information content (AvgIpc) is 3.11. The second-order valence-electron chi connectivity index (χ2n) is 4.69. The Morgan fingerprint density at radius 2 is 2.00 bits per heavy atom. The Balaban J connectivity index is 1.89. The van der Waals surface area contributed by atoms with Crippen LogP contribution in [0.5, 0.6) is 0 Å². The normalized spacial score (nSPS) is 16.3. The summed E-state index contributed by atoms with van der Waals surface area (Å²) in [6.07, 6.45) is 3.07. The number of hydrogen-bond donors (Lipinski definition) is 0. The summed E-state index contributed by atoms with van der Waals surface area (Å²) in [6.45, 7) is 1.67. The van der Waals surface area contributed by atoms with Crippen LogP contribution >= 0.6 is 11.6 Å². The van der Waals surface area contributed by atoms with E-state index in [-0.39, 0.29) is 0 Å². The number of furan rings is 1. The molecule has 3 rings (SSSR count). The Morgan fingerprint density at radius 1 is 1.27 bits per heavy atom. The lowest BCUT2D eigenvalue weighted by molar-refractivity contribution is -0.123. The molecular formula is C16H11ClN2O3. The van der Waals surface area contributed by atoms with Crippen molar-refractivity contribution in [3.8, 4) is 0 Å². The van der Waals surface area contributed by atoms with Gasteiger partial charge < -0.3 is 4.42 Å². The molecule has 0 fully saturated rings. The van der Waals surface area contributed by atoms with E-state index in [4.69, 9.17) is 16.0 Å². The van der Waals surface area contributed by atoms with Crippen LogP contribution < -0.4 is 0 Å². The minimum Gasteiger partial charge on any atom is -0.465 e. The van der Waals surface area contributed by atoms with Crippen molar-refractivity contribution in [2.45, 2.75) is 6.92 Å². The molecule has 1 aromatic carbocycles. The molecule has 2 amide bonds. The molecule has 0 atom stereocenters. The van der Waals surface area contributed by atoms with Gasteiger partial charge in [0.05, 0.1) is 17.5 Å². The van der Waals surface area contributed by atoms with Gasteiger partial charge in [-0.1, -0.05) is 11.6 Å². The highest BCUT2D eigenvalue weighted by Crippen LogP contribution is 2.21. The van der Waals surface area contributed by atoms with Crippen molar-refractivity contribution >= 4 is 35.2 Å². The summed E-state index contributed by atoms with van der Waals surface area (Å²) in [6, 6.07) is 9.72. The summed E-state index contributed by atoms with van der Waals surface area (Å²) in [5.74, 6) is -0.448. The number of rotatable bonds is 2. The number of amides is 2. The standard InChI is InChI=1S/C16H11ClN2O3/c1-10-14(9-13-3-2-8-22-13)16(21)19(18-10)15(20)11-4-6-12(17)7-5-11/h2-9H,1H3/b14-9-. The Bertz CT molecular complexity index is 789. The van der Waals surface area contributed by atoms with Crippen LogP contribution in [0.1, 0.15) is 23.0 Å². The molecule has 22 heavy (non-hydrogen) atoms. The van der Waals surface area contributed by atoms with Gasteiger partial charge in [0, 0.05) is 10.6 Å². The van der Waals surface area contributed by atoms with Gasteiger partial charge in [0.1, 0.15) is 5.76 Å². The predicted molar refractivity (Wildman–Crippen MR) is 82.4 cm³/mol. The van der Waals surface area contributed by atoms with Crippen molar-refractivity contribution in [3.05, 3.63) is 64.6 Å². The monoisotopic (exact) mass is 314 g/mol. The zero-order valence-electron chi connectivity index (χ0n) is 11.6. The van der Waals surface area contributed by atoms with Crippen molar-refractivity contribution in [3.63, 3.8) is 0 Å². The van der Waals surface area contributed by atoms with E-state index in [1.54, 1.807) is 49.4 Å². The molecule has 0 spiro atoms. The zero-order valence-corrected chi connectivity index (χ0v) is 12.4. The molecule has 0 saturated heterocycles. The van der Waals surface area contributed by atoms with Gasteiger partial charge in [-0.15, -0.1) is 0 Å². The van der Waals surface area contributed by atoms with E-state index >= 15 is 0 Å². The lowest BCUT2D eigenvalue weighted by atomic mass is 10.1. The Kier molecular flexibility index (Phi) is 3.65. The van der Waals surface area contributed by atoms with Gasteiger partial charge in [-0.3, -0.25) is 9.59 Å². The van der Waals surface area contributed by atoms with Gasteiger partial charge in [0.15, 0.2) is 0 Å². The molecule has 110 valence electrons. The molecule has 0 aliphatic carbocycles. The van der Waals surface area contributed by atoms with Gasteiger partial charge in [-0.05, 0) is 49.4 Å². The van der Waals surface area contributed by atoms with Crippen LogP contribution in [0.25, 0.3) is 6.08 Å². The van der Waals surface area contributed by atoms with Crippen LogP contribution in [0.4, 0.5) is 0 Å². The highest BCUT2D eigenvalue weighted by Gasteiger charge is 2.33. The van der Waals surface area contributed by atoms with Gasteiger partial charge >= 0.3 is 0 Å². The molecular weight excluding hydrogens is 304 g/mol. The number of carbonyl (C=O) groups is 2. The van der Waals surface area contributed by atoms with Gasteiger partial charge in [0.2, 0.25) is 0 Å². The molecule has 1 aromatic heterocycles. The van der Waals surface area contributed by atoms with E-state index in [2.05, 4.69) is 5.10 Å². The molecule has 1 aliphatic heterocycles. The van der Waals surface area contributed by atoms with Crippen LogP contribution in [0.2, 0.25) is 5.02 Å². The molecule has 0 saturated carbocycles. The predicted octanol–water partition coefficient (Wildman–Crippen LogP) is 3.37. The van der Waals surface area contributed by atoms with E-state index in [1.807, 2.05) is 0 Å². The Morgan fingerprint density at radius 3 is 2.64 bits per heavy atom. The molecule has 0 radical (unpaired) electrons. The fraction of sp³-hybridized carbons (Fsp3) is 0.0625. The maximum absolute atomic E-state index is 12.4. The summed E-state index contributed by atoms with van der Waals surface area (Å²) in [7, 11) is 0. The van der Waals surface area contributed by atoms with Crippen molar-refractivity contribution in [1.82, 2.24) is 5.01 Å². The molecule has 6 heteroatoms. The molecule has 0 bridgehead atoms. The third kappa shape index (κ3) is 2.58. The number of hydrogen-bond acceptors (Lipinski definition) is 4. The number of imide groups is 1. The topological polar surface area (TPSA) is 62.9 Å². The van der Waals surface area contributed by atoms with Gasteiger partial charge in [-0.25, -0.2) is 0 Å². The zero-order chi connectivity index (χ0) is 15.7. The first-order chi connectivity index (χ1) is 10.6. The number of hydrazone groups is 1. The van der Waals surface area contributed by atoms with Crippen LogP contribution in [-0.2, 0) is 4.79 Å². The third-order valence-electron chi connectivity index (χ3n) is 3.18. The first-order valence-electron chi connectivity index (χ1n) is 6.51. The van der Waals surface area contributed by atoms with Crippen molar-refractivity contribution in [2.75, 3.05) is 0 Å². The molecule has 2 heterocycles. The third-order valence-corrected chi connectivity index (χ3v) is 3.43. The maximum atomic E-state index is 12.4. The summed E-state index contributed by atoms with van der Waals surface area (Å²) >= 11 is 5.79. The second kappa shape index (κ2) is 5.61. The molecule has 0 unspecified atom stereocenters. The quantitative estimate of drug-likeness (QED) is 0.630. The highest BCUT2D eigenvalue weighted by molar-refractivity contribution is 6.31. The van der Waals surface area contributed by atoms with E-state index in [0.717, 1.165) is 5.01 Å². The lowest BCUT2D eigenvalue weighted by Crippen LogP contribution is -2.29. The van der Waals surface area contributed by atoms with E-state index in [9.17, 15) is 9.59 Å². The first-order valence-corrected chi connectivity index (χ1v) is 6.89. The lowest BCUT2D eigenvalue weighted by Gasteiger charge is -2.09.